The van der Waals surface area contributed by atoms with Gasteiger partial charge in [-0.15, -0.1) is 0 Å². The van der Waals surface area contributed by atoms with Crippen LogP contribution >= 0.6 is 11.8 Å². The summed E-state index contributed by atoms with van der Waals surface area (Å²) in [6.07, 6.45) is 1.58. The van der Waals surface area contributed by atoms with Gasteiger partial charge in [0.05, 0.1) is 12.0 Å². The molecule has 1 heterocycles. The predicted molar refractivity (Wildman–Crippen MR) is 74.7 cm³/mol. The van der Waals surface area contributed by atoms with Crippen molar-refractivity contribution < 1.29 is 14.7 Å². The van der Waals surface area contributed by atoms with Crippen LogP contribution in [-0.2, 0) is 11.2 Å². The number of carboxylic acids is 1. The molecule has 5 nitrogen and oxygen atoms in total. The summed E-state index contributed by atoms with van der Waals surface area (Å²) in [4.78, 5) is 26.9. The quantitative estimate of drug-likeness (QED) is 0.877. The minimum atomic E-state index is -0.869. The number of amides is 1. The lowest BCUT2D eigenvalue weighted by Crippen LogP contribution is -2.12. The minimum absolute atomic E-state index is 0.0128. The van der Waals surface area contributed by atoms with Gasteiger partial charge in [-0.05, 0) is 29.8 Å². The van der Waals surface area contributed by atoms with E-state index in [1.54, 1.807) is 42.6 Å². The molecule has 2 aromatic rings. The van der Waals surface area contributed by atoms with Crippen molar-refractivity contribution in [1.29, 1.82) is 0 Å². The highest BCUT2D eigenvalue weighted by atomic mass is 32.2. The summed E-state index contributed by atoms with van der Waals surface area (Å²) < 4.78 is 0. The number of aromatic nitrogens is 1. The molecule has 0 aliphatic heterocycles. The molecule has 0 fully saturated rings. The topological polar surface area (TPSA) is 93.3 Å². The average molecular weight is 288 g/mol. The molecule has 0 unspecified atom stereocenters. The lowest BCUT2D eigenvalue weighted by Gasteiger charge is -2.05. The SMILES string of the molecule is NC(=O)c1cccnc1Sc1ccc(CC(=O)O)cc1. The molecule has 2 rings (SSSR count). The van der Waals surface area contributed by atoms with E-state index < -0.39 is 11.9 Å². The Bertz CT molecular complexity index is 641. The van der Waals surface area contributed by atoms with Crippen molar-refractivity contribution in [3.05, 3.63) is 53.7 Å². The molecule has 0 saturated heterocycles. The zero-order valence-electron chi connectivity index (χ0n) is 10.4. The Labute approximate surface area is 119 Å². The maximum atomic E-state index is 11.3. The molecule has 1 aromatic carbocycles. The summed E-state index contributed by atoms with van der Waals surface area (Å²) in [5.41, 5.74) is 6.38. The molecule has 20 heavy (non-hydrogen) atoms. The molecule has 0 bridgehead atoms. The number of nitrogens with zero attached hydrogens (tertiary/aromatic N) is 1. The smallest absolute Gasteiger partial charge is 0.307 e. The second kappa shape index (κ2) is 6.21. The van der Waals surface area contributed by atoms with E-state index in [2.05, 4.69) is 4.98 Å². The highest BCUT2D eigenvalue weighted by molar-refractivity contribution is 7.99. The molecule has 0 spiro atoms. The van der Waals surface area contributed by atoms with E-state index >= 15 is 0 Å². The third kappa shape index (κ3) is 3.58. The summed E-state index contributed by atoms with van der Waals surface area (Å²) in [5, 5.41) is 9.24. The van der Waals surface area contributed by atoms with Crippen molar-refractivity contribution in [3.8, 4) is 0 Å². The molecule has 0 aliphatic rings. The Morgan fingerprint density at radius 3 is 2.50 bits per heavy atom. The first kappa shape index (κ1) is 14.1. The molecule has 6 heteroatoms. The van der Waals surface area contributed by atoms with Crippen LogP contribution in [0.25, 0.3) is 0 Å². The summed E-state index contributed by atoms with van der Waals surface area (Å²) >= 11 is 1.31. The van der Waals surface area contributed by atoms with E-state index in [1.165, 1.54) is 11.8 Å². The number of nitrogens with two attached hydrogens (primary N) is 1. The number of hydrogen-bond donors (Lipinski definition) is 2. The molecule has 1 aromatic heterocycles. The van der Waals surface area contributed by atoms with Gasteiger partial charge in [0.15, 0.2) is 0 Å². The Hall–Kier alpha value is -2.34. The van der Waals surface area contributed by atoms with E-state index in [4.69, 9.17) is 10.8 Å². The zero-order valence-corrected chi connectivity index (χ0v) is 11.3. The van der Waals surface area contributed by atoms with E-state index in [-0.39, 0.29) is 6.42 Å². The number of carboxylic acid groups (broad SMARTS) is 1. The first-order chi connectivity index (χ1) is 9.56. The van der Waals surface area contributed by atoms with Gasteiger partial charge < -0.3 is 10.8 Å². The van der Waals surface area contributed by atoms with Crippen LogP contribution in [0.2, 0.25) is 0 Å². The summed E-state index contributed by atoms with van der Waals surface area (Å²) in [7, 11) is 0. The lowest BCUT2D eigenvalue weighted by atomic mass is 10.2. The van der Waals surface area contributed by atoms with Gasteiger partial charge in [0.2, 0.25) is 0 Å². The van der Waals surface area contributed by atoms with Gasteiger partial charge in [-0.3, -0.25) is 9.59 Å². The second-order valence-corrected chi connectivity index (χ2v) is 5.10. The maximum Gasteiger partial charge on any atom is 0.307 e. The Kier molecular flexibility index (Phi) is 4.37. The summed E-state index contributed by atoms with van der Waals surface area (Å²) in [6, 6.07) is 10.3. The van der Waals surface area contributed by atoms with Gasteiger partial charge >= 0.3 is 5.97 Å². The highest BCUT2D eigenvalue weighted by Gasteiger charge is 2.10. The molecule has 102 valence electrons. The lowest BCUT2D eigenvalue weighted by molar-refractivity contribution is -0.136. The average Bonchev–Trinajstić information content (AvgIpc) is 2.41. The molecule has 0 atom stereocenters. The van der Waals surface area contributed by atoms with Crippen LogP contribution in [0, 0.1) is 0 Å². The third-order valence-electron chi connectivity index (χ3n) is 2.53. The van der Waals surface area contributed by atoms with Gasteiger partial charge in [0.25, 0.3) is 5.91 Å². The monoisotopic (exact) mass is 288 g/mol. The predicted octanol–water partition coefficient (Wildman–Crippen LogP) is 1.96. The normalized spacial score (nSPS) is 10.2. The fourth-order valence-electron chi connectivity index (χ4n) is 1.62. The molecular weight excluding hydrogens is 276 g/mol. The first-order valence-electron chi connectivity index (χ1n) is 5.79. The van der Waals surface area contributed by atoms with Crippen molar-refractivity contribution in [2.45, 2.75) is 16.3 Å². The van der Waals surface area contributed by atoms with Crippen molar-refractivity contribution in [3.63, 3.8) is 0 Å². The van der Waals surface area contributed by atoms with E-state index in [1.807, 2.05) is 0 Å². The van der Waals surface area contributed by atoms with Crippen molar-refractivity contribution in [2.75, 3.05) is 0 Å². The van der Waals surface area contributed by atoms with Crippen LogP contribution in [0.1, 0.15) is 15.9 Å². The summed E-state index contributed by atoms with van der Waals surface area (Å²) in [6.45, 7) is 0. The van der Waals surface area contributed by atoms with Crippen molar-refractivity contribution in [1.82, 2.24) is 4.98 Å². The Morgan fingerprint density at radius 1 is 1.20 bits per heavy atom. The number of pyridine rings is 1. The van der Waals surface area contributed by atoms with E-state index in [9.17, 15) is 9.59 Å². The highest BCUT2D eigenvalue weighted by Crippen LogP contribution is 2.28. The van der Waals surface area contributed by atoms with Crippen molar-refractivity contribution in [2.24, 2.45) is 5.73 Å². The fraction of sp³-hybridized carbons (Fsp3) is 0.0714. The second-order valence-electron chi connectivity index (χ2n) is 4.04. The number of aliphatic carboxylic acids is 1. The number of benzene rings is 1. The molecule has 0 saturated carbocycles. The van der Waals surface area contributed by atoms with Gasteiger partial charge in [-0.25, -0.2) is 4.98 Å². The number of carbonyl (C=O) groups is 2. The largest absolute Gasteiger partial charge is 0.481 e. The molecule has 0 radical (unpaired) electrons. The van der Waals surface area contributed by atoms with Crippen LogP contribution in [0.4, 0.5) is 0 Å². The molecular formula is C14H12N2O3S. The van der Waals surface area contributed by atoms with E-state index in [0.29, 0.717) is 10.6 Å². The third-order valence-corrected chi connectivity index (χ3v) is 3.56. The maximum absolute atomic E-state index is 11.3. The van der Waals surface area contributed by atoms with Crippen LogP contribution in [-0.4, -0.2) is 22.0 Å². The molecule has 1 amide bonds. The number of hydrogen-bond acceptors (Lipinski definition) is 4. The zero-order chi connectivity index (χ0) is 14.5. The van der Waals surface area contributed by atoms with Crippen LogP contribution in [0.15, 0.2) is 52.5 Å². The van der Waals surface area contributed by atoms with Gasteiger partial charge in [0.1, 0.15) is 5.03 Å². The molecule has 3 N–H and O–H groups in total. The van der Waals surface area contributed by atoms with E-state index in [0.717, 1.165) is 10.5 Å². The number of rotatable bonds is 5. The van der Waals surface area contributed by atoms with Crippen molar-refractivity contribution >= 4 is 23.6 Å². The number of primary amides is 1. The first-order valence-corrected chi connectivity index (χ1v) is 6.61. The van der Waals surface area contributed by atoms with Crippen LogP contribution in [0.5, 0.6) is 0 Å². The van der Waals surface area contributed by atoms with Gasteiger partial charge in [-0.1, -0.05) is 23.9 Å². The number of carbonyl (C=O) groups excluding carboxylic acids is 1. The van der Waals surface area contributed by atoms with Gasteiger partial charge in [-0.2, -0.15) is 0 Å². The van der Waals surface area contributed by atoms with Crippen LogP contribution < -0.4 is 5.73 Å². The Balaban J connectivity index is 2.18. The minimum Gasteiger partial charge on any atom is -0.481 e. The fourth-order valence-corrected chi connectivity index (χ4v) is 2.51. The molecule has 0 aliphatic carbocycles. The van der Waals surface area contributed by atoms with Gasteiger partial charge in [0, 0.05) is 11.1 Å². The Morgan fingerprint density at radius 2 is 1.90 bits per heavy atom. The van der Waals surface area contributed by atoms with Crippen LogP contribution in [0.3, 0.4) is 0 Å². The standard InChI is InChI=1S/C14H12N2O3S/c15-13(19)11-2-1-7-16-14(11)20-10-5-3-9(4-6-10)8-12(17)18/h1-7H,8H2,(H2,15,19)(H,17,18). The summed E-state index contributed by atoms with van der Waals surface area (Å²) in [5.74, 6) is -1.39.